The first-order valence-electron chi connectivity index (χ1n) is 7.89. The lowest BCUT2D eigenvalue weighted by Crippen LogP contribution is -2.53. The number of thiophene rings is 1. The lowest BCUT2D eigenvalue weighted by Gasteiger charge is -2.44. The molecule has 0 amide bonds. The molecule has 1 unspecified atom stereocenters. The van der Waals surface area contributed by atoms with Gasteiger partial charge in [0.15, 0.2) is 0 Å². The molecular formula is C18H24N2S. The Labute approximate surface area is 131 Å². The maximum absolute atomic E-state index is 6.00. The third kappa shape index (κ3) is 3.05. The number of hydrogen-bond acceptors (Lipinski definition) is 3. The highest BCUT2D eigenvalue weighted by atomic mass is 32.1. The van der Waals surface area contributed by atoms with Gasteiger partial charge in [0, 0.05) is 16.3 Å². The van der Waals surface area contributed by atoms with Crippen molar-refractivity contribution < 1.29 is 0 Å². The summed E-state index contributed by atoms with van der Waals surface area (Å²) in [5.41, 5.74) is 4.78. The number of hydrogen-bond donors (Lipinski definition) is 2. The van der Waals surface area contributed by atoms with Crippen LogP contribution in [0, 0.1) is 0 Å². The monoisotopic (exact) mass is 300 g/mol. The summed E-state index contributed by atoms with van der Waals surface area (Å²) in [5.74, 6) is 6.00. The quantitative estimate of drug-likeness (QED) is 0.646. The Morgan fingerprint density at radius 1 is 1.05 bits per heavy atom. The van der Waals surface area contributed by atoms with Crippen LogP contribution in [0.4, 0.5) is 0 Å². The van der Waals surface area contributed by atoms with Crippen molar-refractivity contribution in [1.29, 1.82) is 0 Å². The Morgan fingerprint density at radius 2 is 1.81 bits per heavy atom. The molecule has 2 nitrogen and oxygen atoms in total. The molecule has 112 valence electrons. The van der Waals surface area contributed by atoms with Gasteiger partial charge in [-0.2, -0.15) is 0 Å². The SMILES string of the molecule is NNC(Cc1cccs1)C1(c2ccccc2)CCCCC1. The summed E-state index contributed by atoms with van der Waals surface area (Å²) in [6.07, 6.45) is 7.44. The predicted molar refractivity (Wildman–Crippen MR) is 90.3 cm³/mol. The normalized spacial score (nSPS) is 19.3. The van der Waals surface area contributed by atoms with E-state index in [0.717, 1.165) is 6.42 Å². The topological polar surface area (TPSA) is 38.0 Å². The minimum atomic E-state index is 0.179. The molecule has 1 fully saturated rings. The van der Waals surface area contributed by atoms with Crippen LogP contribution in [-0.2, 0) is 11.8 Å². The molecule has 21 heavy (non-hydrogen) atoms. The van der Waals surface area contributed by atoms with Crippen molar-refractivity contribution in [2.75, 3.05) is 0 Å². The largest absolute Gasteiger partial charge is 0.271 e. The molecule has 0 saturated heterocycles. The van der Waals surface area contributed by atoms with E-state index < -0.39 is 0 Å². The van der Waals surface area contributed by atoms with Crippen LogP contribution in [0.15, 0.2) is 47.8 Å². The van der Waals surface area contributed by atoms with Gasteiger partial charge in [0.25, 0.3) is 0 Å². The molecule has 1 saturated carbocycles. The van der Waals surface area contributed by atoms with Crippen molar-refractivity contribution >= 4 is 11.3 Å². The molecule has 0 bridgehead atoms. The molecule has 1 aromatic carbocycles. The zero-order chi connectivity index (χ0) is 14.5. The van der Waals surface area contributed by atoms with Crippen LogP contribution in [-0.4, -0.2) is 6.04 Å². The Bertz CT molecular complexity index is 530. The molecule has 1 aliphatic carbocycles. The summed E-state index contributed by atoms with van der Waals surface area (Å²) < 4.78 is 0. The second-order valence-corrected chi connectivity index (χ2v) is 7.12. The molecule has 1 aliphatic rings. The fourth-order valence-corrected chi connectivity index (χ4v) is 4.59. The first-order chi connectivity index (χ1) is 10.3. The highest BCUT2D eigenvalue weighted by Crippen LogP contribution is 2.43. The predicted octanol–water partition coefficient (Wildman–Crippen LogP) is 4.02. The van der Waals surface area contributed by atoms with E-state index >= 15 is 0 Å². The molecule has 3 heteroatoms. The van der Waals surface area contributed by atoms with Gasteiger partial charge in [-0.15, -0.1) is 11.3 Å². The average Bonchev–Trinajstić information content (AvgIpc) is 3.07. The van der Waals surface area contributed by atoms with Crippen LogP contribution >= 0.6 is 11.3 Å². The van der Waals surface area contributed by atoms with Crippen molar-refractivity contribution in [3.63, 3.8) is 0 Å². The maximum Gasteiger partial charge on any atom is 0.0355 e. The van der Waals surface area contributed by atoms with Gasteiger partial charge in [0.1, 0.15) is 0 Å². The van der Waals surface area contributed by atoms with E-state index in [-0.39, 0.29) is 5.41 Å². The second-order valence-electron chi connectivity index (χ2n) is 6.09. The van der Waals surface area contributed by atoms with E-state index in [4.69, 9.17) is 5.84 Å². The lowest BCUT2D eigenvalue weighted by molar-refractivity contribution is 0.212. The molecule has 3 rings (SSSR count). The molecule has 0 aliphatic heterocycles. The van der Waals surface area contributed by atoms with Crippen LogP contribution in [0.2, 0.25) is 0 Å². The third-order valence-electron chi connectivity index (χ3n) is 4.95. The van der Waals surface area contributed by atoms with Gasteiger partial charge in [-0.3, -0.25) is 11.3 Å². The number of rotatable bonds is 5. The summed E-state index contributed by atoms with van der Waals surface area (Å²) in [4.78, 5) is 1.42. The molecule has 0 spiro atoms. The zero-order valence-electron chi connectivity index (χ0n) is 12.4. The Morgan fingerprint density at radius 3 is 2.43 bits per heavy atom. The molecule has 0 radical (unpaired) electrons. The van der Waals surface area contributed by atoms with Crippen molar-refractivity contribution in [2.24, 2.45) is 5.84 Å². The number of nitrogens with two attached hydrogens (primary N) is 1. The van der Waals surface area contributed by atoms with Crippen molar-refractivity contribution in [3.8, 4) is 0 Å². The molecule has 1 heterocycles. The van der Waals surface area contributed by atoms with Crippen LogP contribution in [0.1, 0.15) is 42.5 Å². The van der Waals surface area contributed by atoms with E-state index in [1.807, 2.05) is 11.3 Å². The van der Waals surface area contributed by atoms with E-state index in [1.54, 1.807) is 0 Å². The number of nitrogens with one attached hydrogen (secondary N) is 1. The molecule has 3 N–H and O–H groups in total. The molecular weight excluding hydrogens is 276 g/mol. The Hall–Kier alpha value is -1.16. The van der Waals surface area contributed by atoms with Gasteiger partial charge < -0.3 is 0 Å². The lowest BCUT2D eigenvalue weighted by atomic mass is 9.64. The number of hydrazine groups is 1. The number of benzene rings is 1. The summed E-state index contributed by atoms with van der Waals surface area (Å²) in [7, 11) is 0. The summed E-state index contributed by atoms with van der Waals surface area (Å²) in [6.45, 7) is 0. The van der Waals surface area contributed by atoms with Crippen LogP contribution in [0.5, 0.6) is 0 Å². The van der Waals surface area contributed by atoms with Gasteiger partial charge >= 0.3 is 0 Å². The second kappa shape index (κ2) is 6.73. The smallest absolute Gasteiger partial charge is 0.0355 e. The summed E-state index contributed by atoms with van der Waals surface area (Å²) in [6, 6.07) is 15.6. The standard InChI is InChI=1S/C18H24N2S/c19-20-17(14-16-10-7-13-21-16)18(11-5-2-6-12-18)15-8-3-1-4-9-15/h1,3-4,7-10,13,17,20H,2,5-6,11-12,14,19H2. The van der Waals surface area contributed by atoms with Crippen LogP contribution < -0.4 is 11.3 Å². The summed E-state index contributed by atoms with van der Waals surface area (Å²) in [5, 5.41) is 2.15. The fourth-order valence-electron chi connectivity index (χ4n) is 3.83. The molecule has 2 aromatic rings. The van der Waals surface area contributed by atoms with Gasteiger partial charge in [0.05, 0.1) is 0 Å². The Balaban J connectivity index is 1.93. The first kappa shape index (κ1) is 14.8. The van der Waals surface area contributed by atoms with E-state index in [2.05, 4.69) is 53.3 Å². The van der Waals surface area contributed by atoms with E-state index in [0.29, 0.717) is 6.04 Å². The van der Waals surface area contributed by atoms with Crippen molar-refractivity contribution in [2.45, 2.75) is 50.0 Å². The summed E-state index contributed by atoms with van der Waals surface area (Å²) >= 11 is 1.83. The van der Waals surface area contributed by atoms with Crippen molar-refractivity contribution in [3.05, 3.63) is 58.3 Å². The fraction of sp³-hybridized carbons (Fsp3) is 0.444. The van der Waals surface area contributed by atoms with Crippen LogP contribution in [0.3, 0.4) is 0 Å². The van der Waals surface area contributed by atoms with E-state index in [1.165, 1.54) is 42.5 Å². The average molecular weight is 300 g/mol. The van der Waals surface area contributed by atoms with E-state index in [9.17, 15) is 0 Å². The minimum Gasteiger partial charge on any atom is -0.271 e. The third-order valence-corrected chi connectivity index (χ3v) is 5.85. The van der Waals surface area contributed by atoms with Gasteiger partial charge in [-0.1, -0.05) is 55.7 Å². The van der Waals surface area contributed by atoms with Crippen molar-refractivity contribution in [1.82, 2.24) is 5.43 Å². The first-order valence-corrected chi connectivity index (χ1v) is 8.77. The minimum absolute atomic E-state index is 0.179. The molecule has 1 aromatic heterocycles. The van der Waals surface area contributed by atoms with Gasteiger partial charge in [-0.05, 0) is 36.3 Å². The highest BCUT2D eigenvalue weighted by molar-refractivity contribution is 7.09. The highest BCUT2D eigenvalue weighted by Gasteiger charge is 2.40. The Kier molecular flexibility index (Phi) is 4.73. The molecule has 1 atom stereocenters. The van der Waals surface area contributed by atoms with Gasteiger partial charge in [0.2, 0.25) is 0 Å². The van der Waals surface area contributed by atoms with Gasteiger partial charge in [-0.25, -0.2) is 0 Å². The maximum atomic E-state index is 6.00. The van der Waals surface area contributed by atoms with Crippen LogP contribution in [0.25, 0.3) is 0 Å². The zero-order valence-corrected chi connectivity index (χ0v) is 13.2.